The van der Waals surface area contributed by atoms with Gasteiger partial charge in [-0.2, -0.15) is 0 Å². The monoisotopic (exact) mass is 187 g/mol. The van der Waals surface area contributed by atoms with Crippen molar-refractivity contribution in [2.75, 3.05) is 13.3 Å². The molecule has 0 heterocycles. The molecule has 0 aromatic rings. The average molecular weight is 187 g/mol. The van der Waals surface area contributed by atoms with E-state index < -0.39 is 7.06 Å². The first kappa shape index (κ1) is 10.6. The molecule has 0 aromatic heterocycles. The van der Waals surface area contributed by atoms with Gasteiger partial charge in [-0.15, -0.1) is 0 Å². The van der Waals surface area contributed by atoms with Crippen LogP contribution in [0.3, 0.4) is 0 Å². The van der Waals surface area contributed by atoms with E-state index in [1.165, 1.54) is 31.6 Å². The van der Waals surface area contributed by atoms with Gasteiger partial charge in [0.05, 0.1) is 0 Å². The van der Waals surface area contributed by atoms with Crippen LogP contribution in [0.15, 0.2) is 14.3 Å². The first-order chi connectivity index (χ1) is 5.46. The van der Waals surface area contributed by atoms with E-state index in [0.717, 1.165) is 0 Å². The number of rotatable bonds is 3. The van der Waals surface area contributed by atoms with E-state index in [1.807, 2.05) is 0 Å². The van der Waals surface area contributed by atoms with Gasteiger partial charge in [0.2, 0.25) is 0 Å². The van der Waals surface area contributed by atoms with Crippen LogP contribution in [0.1, 0.15) is 0 Å². The van der Waals surface area contributed by atoms with Gasteiger partial charge in [0, 0.05) is 0 Å². The van der Waals surface area contributed by atoms with Gasteiger partial charge in [-0.05, 0) is 0 Å². The summed E-state index contributed by atoms with van der Waals surface area (Å²) in [6, 6.07) is 0. The number of hydrogen-bond acceptors (Lipinski definition) is 6. The van der Waals surface area contributed by atoms with Crippen LogP contribution >= 0.6 is 7.06 Å². The molecule has 0 amide bonds. The van der Waals surface area contributed by atoms with Crippen molar-refractivity contribution in [1.82, 2.24) is 0 Å². The zero-order valence-corrected chi connectivity index (χ0v) is 7.41. The van der Waals surface area contributed by atoms with Crippen LogP contribution in [0.25, 0.3) is 0 Å². The van der Waals surface area contributed by atoms with Crippen LogP contribution in [0.2, 0.25) is 0 Å². The Morgan fingerprint density at radius 2 is 1.08 bits per heavy atom. The molecule has 0 bridgehead atoms. The minimum atomic E-state index is -3.61. The summed E-state index contributed by atoms with van der Waals surface area (Å²) in [6.45, 7) is 2.62. The Bertz CT molecular complexity index is 280. The normalized spacial score (nSPS) is 12.3. The second kappa shape index (κ2) is 3.31. The van der Waals surface area contributed by atoms with Gasteiger partial charge >= 0.3 is 67.3 Å². The zero-order chi connectivity index (χ0) is 9.69. The number of carbonyl (C=O) groups excluding carboxylic acids is 3. The van der Waals surface area contributed by atoms with Crippen LogP contribution in [-0.4, -0.2) is 31.6 Å². The molecular weight excluding hydrogens is 181 g/mol. The third-order valence-electron chi connectivity index (χ3n) is 0.991. The number of hydrogen-bond donors (Lipinski definition) is 0. The zero-order valence-electron chi connectivity index (χ0n) is 6.51. The summed E-state index contributed by atoms with van der Waals surface area (Å²) >= 11 is 0. The third-order valence-corrected chi connectivity index (χ3v) is 2.97. The molecular formula is C5H6N3O3P. The minimum absolute atomic E-state index is 1.21. The Morgan fingerprint density at radius 3 is 1.25 bits per heavy atom. The predicted octanol–water partition coefficient (Wildman–Crippen LogP) is 0.552. The van der Waals surface area contributed by atoms with E-state index in [-0.39, 0.29) is 0 Å². The fourth-order valence-corrected chi connectivity index (χ4v) is 1.26. The summed E-state index contributed by atoms with van der Waals surface area (Å²) < 4.78 is 9.70. The van der Waals surface area contributed by atoms with Crippen LogP contribution in [0, 0.1) is 0 Å². The molecule has 0 spiro atoms. The Hall–Kier alpha value is -1.43. The van der Waals surface area contributed by atoms with Crippen molar-refractivity contribution >= 4 is 25.3 Å². The van der Waals surface area contributed by atoms with Gasteiger partial charge in [0.25, 0.3) is 0 Å². The molecule has 0 aliphatic rings. The molecule has 64 valence electrons. The summed E-state index contributed by atoms with van der Waals surface area (Å²) in [5.74, 6) is 0. The molecule has 6 nitrogen and oxygen atoms in total. The van der Waals surface area contributed by atoms with Gasteiger partial charge in [0.1, 0.15) is 0 Å². The van der Waals surface area contributed by atoms with Gasteiger partial charge in [-0.3, -0.25) is 0 Å². The molecule has 0 unspecified atom stereocenters. The average Bonchev–Trinajstić information content (AvgIpc) is 1.86. The van der Waals surface area contributed by atoms with E-state index in [2.05, 4.69) is 14.3 Å². The molecule has 0 saturated heterocycles. The van der Waals surface area contributed by atoms with Crippen molar-refractivity contribution in [1.29, 1.82) is 0 Å². The topological polar surface area (TPSA) is 88.3 Å². The Balaban J connectivity index is 5.51. The fourth-order valence-electron chi connectivity index (χ4n) is 0.422. The summed E-state index contributed by atoms with van der Waals surface area (Å²) in [5, 5.41) is 0. The van der Waals surface area contributed by atoms with Crippen molar-refractivity contribution < 1.29 is 14.4 Å². The Kier molecular flexibility index (Phi) is 2.92. The van der Waals surface area contributed by atoms with Crippen LogP contribution < -0.4 is 0 Å². The molecule has 0 aromatic carbocycles. The van der Waals surface area contributed by atoms with E-state index in [4.69, 9.17) is 0 Å². The molecule has 0 radical (unpaired) electrons. The third kappa shape index (κ3) is 2.67. The molecule has 0 atom stereocenters. The Labute approximate surface area is 68.2 Å². The fraction of sp³-hybridized carbons (Fsp3) is 0.400. The van der Waals surface area contributed by atoms with E-state index in [0.29, 0.717) is 0 Å². The van der Waals surface area contributed by atoms with E-state index in [9.17, 15) is 14.4 Å². The van der Waals surface area contributed by atoms with Crippen molar-refractivity contribution in [3.8, 4) is 0 Å². The van der Waals surface area contributed by atoms with Crippen LogP contribution in [0.5, 0.6) is 0 Å². The summed E-state index contributed by atoms with van der Waals surface area (Å²) in [4.78, 5) is 29.8. The molecule has 0 N–H and O–H groups in total. The first-order valence-corrected chi connectivity index (χ1v) is 5.77. The summed E-state index contributed by atoms with van der Waals surface area (Å²) in [5.41, 5.74) is 0. The van der Waals surface area contributed by atoms with E-state index >= 15 is 0 Å². The van der Waals surface area contributed by atoms with Gasteiger partial charge in [0.15, 0.2) is 0 Å². The van der Waals surface area contributed by atoms with Gasteiger partial charge in [-0.25, -0.2) is 0 Å². The summed E-state index contributed by atoms with van der Waals surface area (Å²) in [6.07, 6.45) is 3.62. The SMILES string of the molecule is CP(C)(N=C=O)(N=C=O)N=C=O. The molecule has 12 heavy (non-hydrogen) atoms. The standard InChI is InChI=1S/C5H6N3O3P/c1-12(2,6-3-9,7-4-10)8-5-11/h1-2H3. The van der Waals surface area contributed by atoms with Crippen molar-refractivity contribution in [3.05, 3.63) is 0 Å². The quantitative estimate of drug-likeness (QED) is 0.367. The molecule has 0 saturated carbocycles. The van der Waals surface area contributed by atoms with Crippen molar-refractivity contribution in [3.63, 3.8) is 0 Å². The van der Waals surface area contributed by atoms with Crippen LogP contribution in [0.4, 0.5) is 0 Å². The second-order valence-corrected chi connectivity index (χ2v) is 6.92. The second-order valence-electron chi connectivity index (χ2n) is 2.49. The molecule has 7 heteroatoms. The maximum atomic E-state index is 9.94. The molecule has 0 aliphatic heterocycles. The molecule has 0 fully saturated rings. The van der Waals surface area contributed by atoms with E-state index in [1.54, 1.807) is 0 Å². The first-order valence-electron chi connectivity index (χ1n) is 2.78. The predicted molar refractivity (Wildman–Crippen MR) is 43.1 cm³/mol. The Morgan fingerprint density at radius 1 is 0.833 bits per heavy atom. The molecule has 0 aliphatic carbocycles. The number of nitrogens with zero attached hydrogens (tertiary/aromatic N) is 3. The van der Waals surface area contributed by atoms with Crippen molar-refractivity contribution in [2.45, 2.75) is 0 Å². The maximum absolute atomic E-state index is 9.94. The van der Waals surface area contributed by atoms with Gasteiger partial charge < -0.3 is 0 Å². The van der Waals surface area contributed by atoms with Gasteiger partial charge in [-0.1, -0.05) is 0 Å². The van der Waals surface area contributed by atoms with Crippen LogP contribution in [-0.2, 0) is 14.4 Å². The number of isocyanates is 3. The molecule has 0 rings (SSSR count). The van der Waals surface area contributed by atoms with Crippen molar-refractivity contribution in [2.24, 2.45) is 14.3 Å². The summed E-state index contributed by atoms with van der Waals surface area (Å²) in [7, 11) is -3.61.